The molecular weight excluding hydrogens is 269 g/mol. The molecule has 21 heavy (non-hydrogen) atoms. The summed E-state index contributed by atoms with van der Waals surface area (Å²) in [5, 5.41) is 3.56. The van der Waals surface area contributed by atoms with Gasteiger partial charge in [0.25, 0.3) is 0 Å². The highest BCUT2D eigenvalue weighted by Gasteiger charge is 2.40. The van der Waals surface area contributed by atoms with Gasteiger partial charge in [0.15, 0.2) is 0 Å². The molecule has 118 valence electrons. The van der Waals surface area contributed by atoms with E-state index in [1.807, 2.05) is 12.1 Å². The quantitative estimate of drug-likeness (QED) is 0.839. The van der Waals surface area contributed by atoms with Gasteiger partial charge in [-0.1, -0.05) is 25.1 Å². The fraction of sp³-hybridized carbons (Fsp3) is 0.647. The van der Waals surface area contributed by atoms with Crippen LogP contribution in [0.25, 0.3) is 0 Å². The van der Waals surface area contributed by atoms with Crippen LogP contribution in [0.1, 0.15) is 31.7 Å². The molecule has 0 spiro atoms. The first-order valence-corrected chi connectivity index (χ1v) is 7.81. The number of ether oxygens (including phenoxy) is 2. The molecule has 0 saturated carbocycles. The molecule has 1 N–H and O–H groups in total. The second kappa shape index (κ2) is 7.87. The molecule has 4 heteroatoms. The van der Waals surface area contributed by atoms with E-state index >= 15 is 0 Å². The van der Waals surface area contributed by atoms with Crippen LogP contribution in [0.3, 0.4) is 0 Å². The van der Waals surface area contributed by atoms with Crippen LogP contribution < -0.4 is 5.32 Å². The average Bonchev–Trinajstić information content (AvgIpc) is 2.53. The van der Waals surface area contributed by atoms with Crippen LogP contribution in [0, 0.1) is 5.82 Å². The van der Waals surface area contributed by atoms with E-state index in [0.29, 0.717) is 19.6 Å². The van der Waals surface area contributed by atoms with Gasteiger partial charge in [0.2, 0.25) is 0 Å². The van der Waals surface area contributed by atoms with Crippen molar-refractivity contribution in [3.8, 4) is 0 Å². The lowest BCUT2D eigenvalue weighted by atomic mass is 9.82. The third-order valence-corrected chi connectivity index (χ3v) is 4.40. The van der Waals surface area contributed by atoms with E-state index in [1.54, 1.807) is 13.2 Å². The van der Waals surface area contributed by atoms with Crippen LogP contribution >= 0.6 is 0 Å². The topological polar surface area (TPSA) is 30.5 Å². The molecular formula is C17H26FNO2. The second-order valence-corrected chi connectivity index (χ2v) is 5.68. The summed E-state index contributed by atoms with van der Waals surface area (Å²) in [5.74, 6) is -0.140. The van der Waals surface area contributed by atoms with Crippen molar-refractivity contribution in [2.24, 2.45) is 0 Å². The highest BCUT2D eigenvalue weighted by Crippen LogP contribution is 2.30. The van der Waals surface area contributed by atoms with Gasteiger partial charge in [0.05, 0.1) is 5.60 Å². The first-order valence-electron chi connectivity index (χ1n) is 7.81. The van der Waals surface area contributed by atoms with E-state index < -0.39 is 0 Å². The summed E-state index contributed by atoms with van der Waals surface area (Å²) in [4.78, 5) is 0. The molecule has 1 unspecified atom stereocenters. The molecule has 0 bridgehead atoms. The highest BCUT2D eigenvalue weighted by molar-refractivity contribution is 5.19. The molecule has 1 aliphatic rings. The van der Waals surface area contributed by atoms with Crippen LogP contribution in [0.2, 0.25) is 0 Å². The van der Waals surface area contributed by atoms with E-state index in [1.165, 1.54) is 6.07 Å². The molecule has 1 atom stereocenters. The normalized spacial score (nSPS) is 19.4. The van der Waals surface area contributed by atoms with Crippen molar-refractivity contribution in [3.05, 3.63) is 35.6 Å². The SMILES string of the molecule is CCCNC(Cc1ccccc1F)C1(OC)CCOCC1. The Labute approximate surface area is 126 Å². The minimum absolute atomic E-state index is 0.100. The summed E-state index contributed by atoms with van der Waals surface area (Å²) in [6.07, 6.45) is 3.38. The van der Waals surface area contributed by atoms with Crippen molar-refractivity contribution in [1.29, 1.82) is 0 Å². The number of hydrogen-bond acceptors (Lipinski definition) is 3. The molecule has 1 aromatic rings. The molecule has 0 aromatic heterocycles. The van der Waals surface area contributed by atoms with Gasteiger partial charge in [0.1, 0.15) is 5.82 Å². The first kappa shape index (κ1) is 16.4. The predicted octanol–water partition coefficient (Wildman–Crippen LogP) is 2.93. The lowest BCUT2D eigenvalue weighted by Crippen LogP contribution is -2.56. The Morgan fingerprint density at radius 2 is 2.05 bits per heavy atom. The fourth-order valence-corrected chi connectivity index (χ4v) is 3.06. The standard InChI is InChI=1S/C17H26FNO2/c1-3-10-19-16(13-14-6-4-5-7-15(14)18)17(20-2)8-11-21-12-9-17/h4-7,16,19H,3,8-13H2,1-2H3. The minimum atomic E-state index is -0.268. The van der Waals surface area contributed by atoms with E-state index in [9.17, 15) is 4.39 Å². The third kappa shape index (κ3) is 4.02. The van der Waals surface area contributed by atoms with Crippen LogP contribution in [-0.4, -0.2) is 38.5 Å². The predicted molar refractivity (Wildman–Crippen MR) is 82.0 cm³/mol. The van der Waals surface area contributed by atoms with Crippen molar-refractivity contribution >= 4 is 0 Å². The number of nitrogens with one attached hydrogen (secondary N) is 1. The average molecular weight is 295 g/mol. The third-order valence-electron chi connectivity index (χ3n) is 4.40. The molecule has 0 amide bonds. The fourth-order valence-electron chi connectivity index (χ4n) is 3.06. The molecule has 1 fully saturated rings. The van der Waals surface area contributed by atoms with E-state index in [4.69, 9.17) is 9.47 Å². The molecule has 1 aromatic carbocycles. The van der Waals surface area contributed by atoms with Gasteiger partial charge in [-0.2, -0.15) is 0 Å². The maximum absolute atomic E-state index is 14.0. The monoisotopic (exact) mass is 295 g/mol. The molecule has 0 aliphatic carbocycles. The Morgan fingerprint density at radius 1 is 1.33 bits per heavy atom. The van der Waals surface area contributed by atoms with E-state index in [0.717, 1.165) is 31.4 Å². The summed E-state index contributed by atoms with van der Waals surface area (Å²) in [6.45, 7) is 4.45. The molecule has 1 saturated heterocycles. The van der Waals surface area contributed by atoms with Gasteiger partial charge in [-0.15, -0.1) is 0 Å². The van der Waals surface area contributed by atoms with Gasteiger partial charge in [-0.25, -0.2) is 4.39 Å². The Bertz CT molecular complexity index is 433. The maximum atomic E-state index is 14.0. The van der Waals surface area contributed by atoms with Crippen LogP contribution in [0.4, 0.5) is 4.39 Å². The molecule has 2 rings (SSSR count). The zero-order valence-electron chi connectivity index (χ0n) is 13.0. The van der Waals surface area contributed by atoms with E-state index in [-0.39, 0.29) is 17.5 Å². The van der Waals surface area contributed by atoms with Crippen LogP contribution in [0.5, 0.6) is 0 Å². The Balaban J connectivity index is 2.18. The minimum Gasteiger partial charge on any atom is -0.381 e. The summed E-state index contributed by atoms with van der Waals surface area (Å²) in [5.41, 5.74) is 0.476. The summed E-state index contributed by atoms with van der Waals surface area (Å²) in [7, 11) is 1.76. The lowest BCUT2D eigenvalue weighted by Gasteiger charge is -2.43. The zero-order chi connectivity index (χ0) is 15.1. The molecule has 1 aliphatic heterocycles. The Kier molecular flexibility index (Phi) is 6.15. The highest BCUT2D eigenvalue weighted by atomic mass is 19.1. The number of benzene rings is 1. The maximum Gasteiger partial charge on any atom is 0.126 e. The number of rotatable bonds is 7. The Hall–Kier alpha value is -0.970. The van der Waals surface area contributed by atoms with Crippen molar-refractivity contribution < 1.29 is 13.9 Å². The van der Waals surface area contributed by atoms with Crippen molar-refractivity contribution in [1.82, 2.24) is 5.32 Å². The first-order chi connectivity index (χ1) is 10.2. The van der Waals surface area contributed by atoms with Crippen molar-refractivity contribution in [3.63, 3.8) is 0 Å². The molecule has 3 nitrogen and oxygen atoms in total. The smallest absolute Gasteiger partial charge is 0.126 e. The van der Waals surface area contributed by atoms with Crippen LogP contribution in [0.15, 0.2) is 24.3 Å². The summed E-state index contributed by atoms with van der Waals surface area (Å²) >= 11 is 0. The van der Waals surface area contributed by atoms with E-state index in [2.05, 4.69) is 12.2 Å². The zero-order valence-corrected chi connectivity index (χ0v) is 13.0. The van der Waals surface area contributed by atoms with Crippen molar-refractivity contribution in [2.45, 2.75) is 44.2 Å². The van der Waals surface area contributed by atoms with Gasteiger partial charge in [0, 0.05) is 39.2 Å². The second-order valence-electron chi connectivity index (χ2n) is 5.68. The van der Waals surface area contributed by atoms with Gasteiger partial charge in [-0.05, 0) is 31.0 Å². The number of hydrogen-bond donors (Lipinski definition) is 1. The number of methoxy groups -OCH3 is 1. The Morgan fingerprint density at radius 3 is 2.67 bits per heavy atom. The largest absolute Gasteiger partial charge is 0.381 e. The molecule has 1 heterocycles. The van der Waals surface area contributed by atoms with Crippen molar-refractivity contribution in [2.75, 3.05) is 26.9 Å². The van der Waals surface area contributed by atoms with Gasteiger partial charge >= 0.3 is 0 Å². The van der Waals surface area contributed by atoms with Crippen LogP contribution in [-0.2, 0) is 15.9 Å². The van der Waals surface area contributed by atoms with Gasteiger partial charge < -0.3 is 14.8 Å². The summed E-state index contributed by atoms with van der Waals surface area (Å²) in [6, 6.07) is 7.10. The molecule has 0 radical (unpaired) electrons. The lowest BCUT2D eigenvalue weighted by molar-refractivity contribution is -0.110. The summed E-state index contributed by atoms with van der Waals surface area (Å²) < 4.78 is 25.3. The van der Waals surface area contributed by atoms with Gasteiger partial charge in [-0.3, -0.25) is 0 Å². The number of halogens is 1.